The number of rotatable bonds is 4. The minimum absolute atomic E-state index is 0.200. The number of pyridine rings is 1. The van der Waals surface area contributed by atoms with Gasteiger partial charge >= 0.3 is 0 Å². The van der Waals surface area contributed by atoms with Gasteiger partial charge in [-0.05, 0) is 18.2 Å². The molecule has 0 spiro atoms. The predicted molar refractivity (Wildman–Crippen MR) is 63.7 cm³/mol. The minimum Gasteiger partial charge on any atom is -0.472 e. The van der Waals surface area contributed by atoms with E-state index in [9.17, 15) is 4.79 Å². The van der Waals surface area contributed by atoms with Crippen LogP contribution in [0.5, 0.6) is 0 Å². The molecule has 2 rings (SSSR count). The average Bonchev–Trinajstić information content (AvgIpc) is 2.89. The SMILES string of the molecule is CNc1ccc(C(=O)NCc2ccoc2)nc1. The molecule has 0 bridgehead atoms. The van der Waals surface area contributed by atoms with Crippen LogP contribution in [-0.2, 0) is 6.54 Å². The fourth-order valence-corrected chi connectivity index (χ4v) is 1.34. The number of aromatic nitrogens is 1. The zero-order chi connectivity index (χ0) is 12.1. The van der Waals surface area contributed by atoms with Gasteiger partial charge in [-0.3, -0.25) is 4.79 Å². The molecule has 2 heterocycles. The first-order valence-corrected chi connectivity index (χ1v) is 5.22. The third kappa shape index (κ3) is 2.84. The summed E-state index contributed by atoms with van der Waals surface area (Å²) < 4.78 is 4.91. The lowest BCUT2D eigenvalue weighted by Crippen LogP contribution is -2.23. The molecule has 17 heavy (non-hydrogen) atoms. The Morgan fingerprint density at radius 1 is 1.41 bits per heavy atom. The summed E-state index contributed by atoms with van der Waals surface area (Å²) in [5, 5.41) is 5.70. The first-order valence-electron chi connectivity index (χ1n) is 5.22. The van der Waals surface area contributed by atoms with E-state index in [0.717, 1.165) is 11.3 Å². The van der Waals surface area contributed by atoms with Crippen LogP contribution in [0.4, 0.5) is 5.69 Å². The van der Waals surface area contributed by atoms with Gasteiger partial charge in [0.15, 0.2) is 0 Å². The van der Waals surface area contributed by atoms with Crippen LogP contribution in [0.25, 0.3) is 0 Å². The Labute approximate surface area is 98.9 Å². The molecule has 0 aromatic carbocycles. The first-order chi connectivity index (χ1) is 8.29. The number of carbonyl (C=O) groups excluding carboxylic acids is 1. The molecule has 0 atom stereocenters. The minimum atomic E-state index is -0.200. The molecule has 0 aliphatic heterocycles. The number of hydrogen-bond acceptors (Lipinski definition) is 4. The number of furan rings is 1. The standard InChI is InChI=1S/C12H13N3O2/c1-13-10-2-3-11(14-7-10)12(16)15-6-9-4-5-17-8-9/h2-5,7-8,13H,6H2,1H3,(H,15,16). The van der Waals surface area contributed by atoms with Gasteiger partial charge in [0.25, 0.3) is 5.91 Å². The van der Waals surface area contributed by atoms with Crippen molar-refractivity contribution in [3.05, 3.63) is 48.2 Å². The van der Waals surface area contributed by atoms with Gasteiger partial charge < -0.3 is 15.1 Å². The van der Waals surface area contributed by atoms with Crippen molar-refractivity contribution < 1.29 is 9.21 Å². The number of nitrogens with zero attached hydrogens (tertiary/aromatic N) is 1. The summed E-state index contributed by atoms with van der Waals surface area (Å²) in [5.74, 6) is -0.200. The maximum absolute atomic E-state index is 11.7. The number of hydrogen-bond donors (Lipinski definition) is 2. The number of amides is 1. The largest absolute Gasteiger partial charge is 0.472 e. The van der Waals surface area contributed by atoms with Crippen molar-refractivity contribution in [1.29, 1.82) is 0 Å². The Kier molecular flexibility index (Phi) is 3.40. The Bertz CT molecular complexity index is 477. The molecule has 2 aromatic rings. The van der Waals surface area contributed by atoms with Crippen LogP contribution < -0.4 is 10.6 Å². The summed E-state index contributed by atoms with van der Waals surface area (Å²) in [4.78, 5) is 15.8. The third-order valence-electron chi connectivity index (χ3n) is 2.32. The van der Waals surface area contributed by atoms with Crippen molar-refractivity contribution >= 4 is 11.6 Å². The molecular formula is C12H13N3O2. The van der Waals surface area contributed by atoms with Crippen LogP contribution in [0.15, 0.2) is 41.3 Å². The van der Waals surface area contributed by atoms with Gasteiger partial charge in [0.05, 0.1) is 24.4 Å². The summed E-state index contributed by atoms with van der Waals surface area (Å²) in [7, 11) is 1.80. The summed E-state index contributed by atoms with van der Waals surface area (Å²) in [5.41, 5.74) is 2.19. The number of nitrogens with one attached hydrogen (secondary N) is 2. The van der Waals surface area contributed by atoms with E-state index in [1.54, 1.807) is 44.0 Å². The molecule has 88 valence electrons. The molecule has 0 unspecified atom stereocenters. The normalized spacial score (nSPS) is 9.94. The molecule has 0 aliphatic carbocycles. The monoisotopic (exact) mass is 231 g/mol. The lowest BCUT2D eigenvalue weighted by molar-refractivity contribution is 0.0946. The molecule has 0 aliphatic rings. The van der Waals surface area contributed by atoms with Gasteiger partial charge in [-0.25, -0.2) is 4.98 Å². The van der Waals surface area contributed by atoms with Crippen LogP contribution in [0, 0.1) is 0 Å². The number of carbonyl (C=O) groups is 1. The Hall–Kier alpha value is -2.30. The zero-order valence-electron chi connectivity index (χ0n) is 9.43. The van der Waals surface area contributed by atoms with Crippen LogP contribution in [0.3, 0.4) is 0 Å². The highest BCUT2D eigenvalue weighted by Crippen LogP contribution is 2.05. The van der Waals surface area contributed by atoms with Crippen molar-refractivity contribution in [2.45, 2.75) is 6.54 Å². The van der Waals surface area contributed by atoms with E-state index in [1.807, 2.05) is 0 Å². The molecule has 0 fully saturated rings. The molecule has 5 heteroatoms. The molecule has 1 amide bonds. The molecule has 2 N–H and O–H groups in total. The van der Waals surface area contributed by atoms with E-state index in [0.29, 0.717) is 12.2 Å². The van der Waals surface area contributed by atoms with Crippen molar-refractivity contribution in [2.75, 3.05) is 12.4 Å². The van der Waals surface area contributed by atoms with Crippen LogP contribution in [0.1, 0.15) is 16.1 Å². The molecular weight excluding hydrogens is 218 g/mol. The maximum atomic E-state index is 11.7. The van der Waals surface area contributed by atoms with Gasteiger partial charge in [-0.15, -0.1) is 0 Å². The highest BCUT2D eigenvalue weighted by molar-refractivity contribution is 5.92. The molecule has 0 saturated heterocycles. The topological polar surface area (TPSA) is 67.2 Å². The van der Waals surface area contributed by atoms with E-state index >= 15 is 0 Å². The van der Waals surface area contributed by atoms with Crippen LogP contribution >= 0.6 is 0 Å². The highest BCUT2D eigenvalue weighted by atomic mass is 16.3. The molecule has 5 nitrogen and oxygen atoms in total. The Balaban J connectivity index is 1.95. The Morgan fingerprint density at radius 2 is 2.29 bits per heavy atom. The van der Waals surface area contributed by atoms with E-state index in [1.165, 1.54) is 0 Å². The predicted octanol–water partition coefficient (Wildman–Crippen LogP) is 1.65. The second-order valence-corrected chi connectivity index (χ2v) is 3.50. The fourth-order valence-electron chi connectivity index (χ4n) is 1.34. The molecule has 0 radical (unpaired) electrons. The summed E-state index contributed by atoms with van der Waals surface area (Å²) in [6.45, 7) is 0.435. The van der Waals surface area contributed by atoms with Gasteiger partial charge in [0.2, 0.25) is 0 Å². The lowest BCUT2D eigenvalue weighted by Gasteiger charge is -2.04. The lowest BCUT2D eigenvalue weighted by atomic mass is 10.3. The van der Waals surface area contributed by atoms with Crippen molar-refractivity contribution in [1.82, 2.24) is 10.3 Å². The second kappa shape index (κ2) is 5.16. The summed E-state index contributed by atoms with van der Waals surface area (Å²) >= 11 is 0. The van der Waals surface area contributed by atoms with Crippen molar-refractivity contribution in [3.8, 4) is 0 Å². The zero-order valence-corrected chi connectivity index (χ0v) is 9.43. The Morgan fingerprint density at radius 3 is 2.88 bits per heavy atom. The van der Waals surface area contributed by atoms with Crippen LogP contribution in [-0.4, -0.2) is 17.9 Å². The first kappa shape index (κ1) is 11.2. The quantitative estimate of drug-likeness (QED) is 0.839. The van der Waals surface area contributed by atoms with Crippen molar-refractivity contribution in [2.24, 2.45) is 0 Å². The van der Waals surface area contributed by atoms with Crippen molar-refractivity contribution in [3.63, 3.8) is 0 Å². The summed E-state index contributed by atoms with van der Waals surface area (Å²) in [6.07, 6.45) is 4.78. The smallest absolute Gasteiger partial charge is 0.270 e. The van der Waals surface area contributed by atoms with E-state index in [4.69, 9.17) is 4.42 Å². The molecule has 2 aromatic heterocycles. The van der Waals surface area contributed by atoms with Crippen LogP contribution in [0.2, 0.25) is 0 Å². The third-order valence-corrected chi connectivity index (χ3v) is 2.32. The molecule has 0 saturated carbocycles. The van der Waals surface area contributed by atoms with Gasteiger partial charge in [0, 0.05) is 19.2 Å². The van der Waals surface area contributed by atoms with Gasteiger partial charge in [0.1, 0.15) is 5.69 Å². The second-order valence-electron chi connectivity index (χ2n) is 3.50. The van der Waals surface area contributed by atoms with Gasteiger partial charge in [-0.2, -0.15) is 0 Å². The van der Waals surface area contributed by atoms with E-state index in [-0.39, 0.29) is 5.91 Å². The maximum Gasteiger partial charge on any atom is 0.270 e. The fraction of sp³-hybridized carbons (Fsp3) is 0.167. The van der Waals surface area contributed by atoms with E-state index < -0.39 is 0 Å². The van der Waals surface area contributed by atoms with E-state index in [2.05, 4.69) is 15.6 Å². The van der Waals surface area contributed by atoms with Gasteiger partial charge in [-0.1, -0.05) is 0 Å². The average molecular weight is 231 g/mol. The number of anilines is 1. The highest BCUT2D eigenvalue weighted by Gasteiger charge is 2.06. The summed E-state index contributed by atoms with van der Waals surface area (Å²) in [6, 6.07) is 5.29.